The molecule has 13 heavy (non-hydrogen) atoms. The van der Waals surface area contributed by atoms with E-state index >= 15 is 0 Å². The van der Waals surface area contributed by atoms with E-state index in [1.54, 1.807) is 6.92 Å². The van der Waals surface area contributed by atoms with Crippen LogP contribution in [0.2, 0.25) is 0 Å². The molecule has 0 aliphatic rings. The van der Waals surface area contributed by atoms with Gasteiger partial charge < -0.3 is 10.2 Å². The third-order valence-corrected chi connectivity index (χ3v) is 1.18. The maximum absolute atomic E-state index is 10.6. The molecule has 0 aliphatic heterocycles. The zero-order valence-electron chi connectivity index (χ0n) is 7.10. The van der Waals surface area contributed by atoms with E-state index in [9.17, 15) is 4.79 Å². The molecule has 70 valence electrons. The number of hydrogen-bond acceptors (Lipinski definition) is 2. The van der Waals surface area contributed by atoms with Crippen molar-refractivity contribution in [2.75, 3.05) is 0 Å². The lowest BCUT2D eigenvalue weighted by Crippen LogP contribution is -1.88. The molecule has 0 atom stereocenters. The van der Waals surface area contributed by atoms with Gasteiger partial charge in [-0.15, -0.1) is 0 Å². The van der Waals surface area contributed by atoms with Gasteiger partial charge in [0.15, 0.2) is 5.78 Å². The fraction of sp³-hybridized carbons (Fsp3) is 0.111. The smallest absolute Gasteiger partial charge is 0.450 e. The minimum absolute atomic E-state index is 0.121. The molecular weight excluding hydrogens is 172 g/mol. The lowest BCUT2D eigenvalue weighted by molar-refractivity contribution is 0.101. The molecule has 1 aromatic rings. The van der Waals surface area contributed by atoms with Gasteiger partial charge in [-0.25, -0.2) is 4.79 Å². The van der Waals surface area contributed by atoms with Crippen molar-refractivity contribution in [2.24, 2.45) is 0 Å². The third-order valence-electron chi connectivity index (χ3n) is 1.18. The lowest BCUT2D eigenvalue weighted by atomic mass is 10.2. The van der Waals surface area contributed by atoms with E-state index in [-0.39, 0.29) is 5.78 Å². The van der Waals surface area contributed by atoms with Gasteiger partial charge in [0.2, 0.25) is 0 Å². The van der Waals surface area contributed by atoms with Crippen LogP contribution >= 0.6 is 0 Å². The van der Waals surface area contributed by atoms with Crippen LogP contribution in [-0.4, -0.2) is 22.2 Å². The summed E-state index contributed by atoms with van der Waals surface area (Å²) in [6.07, 6.45) is -1.83. The first-order valence-electron chi connectivity index (χ1n) is 3.52. The maximum Gasteiger partial charge on any atom is 0.503 e. The van der Waals surface area contributed by atoms with E-state index < -0.39 is 6.16 Å². The Labute approximate surface area is 75.4 Å². The Morgan fingerprint density at radius 3 is 1.69 bits per heavy atom. The molecule has 0 unspecified atom stereocenters. The van der Waals surface area contributed by atoms with Gasteiger partial charge in [0.05, 0.1) is 0 Å². The largest absolute Gasteiger partial charge is 0.503 e. The molecule has 0 bridgehead atoms. The molecule has 2 N–H and O–H groups in total. The first-order chi connectivity index (χ1) is 6.04. The molecule has 4 heteroatoms. The predicted molar refractivity (Wildman–Crippen MR) is 47.1 cm³/mol. The van der Waals surface area contributed by atoms with Gasteiger partial charge in [0, 0.05) is 5.56 Å². The molecular formula is C9H10O4. The fourth-order valence-electron chi connectivity index (χ4n) is 0.673. The Balaban J connectivity index is 0.000000310. The molecule has 0 fully saturated rings. The summed E-state index contributed by atoms with van der Waals surface area (Å²) in [7, 11) is 0. The minimum Gasteiger partial charge on any atom is -0.450 e. The van der Waals surface area contributed by atoms with Crippen LogP contribution in [0.25, 0.3) is 0 Å². The van der Waals surface area contributed by atoms with Gasteiger partial charge in [-0.1, -0.05) is 30.3 Å². The normalized spacial score (nSPS) is 8.08. The number of carboxylic acid groups (broad SMARTS) is 2. The molecule has 0 heterocycles. The van der Waals surface area contributed by atoms with Crippen LogP contribution in [-0.2, 0) is 0 Å². The molecule has 0 aliphatic carbocycles. The number of Topliss-reactive ketones (excluding diaryl/α,β-unsaturated/α-hetero) is 1. The SMILES string of the molecule is CC(=O)c1ccccc1.O=C(O)O. The number of benzene rings is 1. The quantitative estimate of drug-likeness (QED) is 0.652. The van der Waals surface area contributed by atoms with Crippen LogP contribution in [0.5, 0.6) is 0 Å². The van der Waals surface area contributed by atoms with E-state index in [0.29, 0.717) is 0 Å². The van der Waals surface area contributed by atoms with Crippen molar-refractivity contribution in [1.29, 1.82) is 0 Å². The summed E-state index contributed by atoms with van der Waals surface area (Å²) in [6, 6.07) is 9.23. The van der Waals surface area contributed by atoms with Crippen molar-refractivity contribution in [3.63, 3.8) is 0 Å². The summed E-state index contributed by atoms with van der Waals surface area (Å²) in [6.45, 7) is 1.56. The van der Waals surface area contributed by atoms with Crippen molar-refractivity contribution < 1.29 is 19.8 Å². The summed E-state index contributed by atoms with van der Waals surface area (Å²) in [5.74, 6) is 0.121. The Morgan fingerprint density at radius 1 is 1.08 bits per heavy atom. The predicted octanol–water partition coefficient (Wildman–Crippen LogP) is 2.11. The number of rotatable bonds is 1. The molecule has 0 spiro atoms. The van der Waals surface area contributed by atoms with Gasteiger partial charge in [-0.2, -0.15) is 0 Å². The lowest BCUT2D eigenvalue weighted by Gasteiger charge is -1.89. The van der Waals surface area contributed by atoms with E-state index in [0.717, 1.165) is 5.56 Å². The minimum atomic E-state index is -1.83. The first kappa shape index (κ1) is 11.2. The molecule has 0 radical (unpaired) electrons. The fourth-order valence-corrected chi connectivity index (χ4v) is 0.673. The molecule has 4 nitrogen and oxygen atoms in total. The average Bonchev–Trinajstić information content (AvgIpc) is 2.05. The number of ketones is 1. The second-order valence-electron chi connectivity index (χ2n) is 2.20. The van der Waals surface area contributed by atoms with Crippen molar-refractivity contribution in [2.45, 2.75) is 6.92 Å². The topological polar surface area (TPSA) is 74.6 Å². The number of hydrogen-bond donors (Lipinski definition) is 2. The van der Waals surface area contributed by atoms with Gasteiger partial charge >= 0.3 is 6.16 Å². The molecule has 0 aromatic heterocycles. The molecule has 0 saturated heterocycles. The van der Waals surface area contributed by atoms with Gasteiger partial charge in [0.25, 0.3) is 0 Å². The Bertz CT molecular complexity index is 275. The van der Waals surface area contributed by atoms with Gasteiger partial charge in [0.1, 0.15) is 0 Å². The molecule has 1 rings (SSSR count). The van der Waals surface area contributed by atoms with Crippen LogP contribution in [0.1, 0.15) is 17.3 Å². The second kappa shape index (κ2) is 5.77. The summed E-state index contributed by atoms with van der Waals surface area (Å²) < 4.78 is 0. The zero-order valence-corrected chi connectivity index (χ0v) is 7.10. The summed E-state index contributed by atoms with van der Waals surface area (Å²) >= 11 is 0. The summed E-state index contributed by atoms with van der Waals surface area (Å²) in [4.78, 5) is 19.2. The van der Waals surface area contributed by atoms with Crippen LogP contribution in [0.15, 0.2) is 30.3 Å². The Morgan fingerprint density at radius 2 is 1.46 bits per heavy atom. The van der Waals surface area contributed by atoms with Crippen LogP contribution < -0.4 is 0 Å². The van der Waals surface area contributed by atoms with Crippen molar-refractivity contribution in [3.8, 4) is 0 Å². The van der Waals surface area contributed by atoms with E-state index in [1.165, 1.54) is 0 Å². The van der Waals surface area contributed by atoms with Crippen LogP contribution in [0, 0.1) is 0 Å². The zero-order chi connectivity index (χ0) is 10.3. The van der Waals surface area contributed by atoms with E-state index in [4.69, 9.17) is 15.0 Å². The summed E-state index contributed by atoms with van der Waals surface area (Å²) in [5, 5.41) is 13.9. The number of carbonyl (C=O) groups is 2. The third kappa shape index (κ3) is 6.55. The highest BCUT2D eigenvalue weighted by atomic mass is 16.6. The molecule has 0 amide bonds. The highest BCUT2D eigenvalue weighted by Crippen LogP contribution is 1.97. The highest BCUT2D eigenvalue weighted by molar-refractivity contribution is 5.93. The maximum atomic E-state index is 10.6. The van der Waals surface area contributed by atoms with Crippen LogP contribution in [0.4, 0.5) is 4.79 Å². The number of carbonyl (C=O) groups excluding carboxylic acids is 1. The molecule has 1 aromatic carbocycles. The van der Waals surface area contributed by atoms with Crippen LogP contribution in [0.3, 0.4) is 0 Å². The van der Waals surface area contributed by atoms with Gasteiger partial charge in [-0.3, -0.25) is 4.79 Å². The standard InChI is InChI=1S/C8H8O.CH2O3/c1-7(9)8-5-3-2-4-6-8;2-1(3)4/h2-6H,1H3;(H2,2,3,4). The monoisotopic (exact) mass is 182 g/mol. The van der Waals surface area contributed by atoms with Gasteiger partial charge in [-0.05, 0) is 6.92 Å². The highest BCUT2D eigenvalue weighted by Gasteiger charge is 1.92. The van der Waals surface area contributed by atoms with E-state index in [1.807, 2.05) is 30.3 Å². The molecule has 0 saturated carbocycles. The second-order valence-corrected chi connectivity index (χ2v) is 2.20. The summed E-state index contributed by atoms with van der Waals surface area (Å²) in [5.41, 5.74) is 0.775. The van der Waals surface area contributed by atoms with E-state index in [2.05, 4.69) is 0 Å². The Kier molecular flexibility index (Phi) is 4.95. The average molecular weight is 182 g/mol. The Hall–Kier alpha value is -1.84. The van der Waals surface area contributed by atoms with Crippen molar-refractivity contribution >= 4 is 11.9 Å². The van der Waals surface area contributed by atoms with Crippen molar-refractivity contribution in [1.82, 2.24) is 0 Å². The first-order valence-corrected chi connectivity index (χ1v) is 3.52. The van der Waals surface area contributed by atoms with Crippen molar-refractivity contribution in [3.05, 3.63) is 35.9 Å².